The van der Waals surface area contributed by atoms with Gasteiger partial charge in [0.25, 0.3) is 0 Å². The van der Waals surface area contributed by atoms with Gasteiger partial charge in [-0.3, -0.25) is 14.1 Å². The van der Waals surface area contributed by atoms with E-state index in [0.717, 1.165) is 23.2 Å². The molecule has 0 radical (unpaired) electrons. The normalized spacial score (nSPS) is 12.3. The smallest absolute Gasteiger partial charge is 0.187 e. The molecule has 0 unspecified atom stereocenters. The molecule has 0 aliphatic heterocycles. The second-order valence-corrected chi connectivity index (χ2v) is 10.9. The van der Waals surface area contributed by atoms with E-state index in [2.05, 4.69) is 20.4 Å². The maximum atomic E-state index is 10.4. The molecule has 2 heterocycles. The van der Waals surface area contributed by atoms with Crippen molar-refractivity contribution in [2.45, 2.75) is 30.5 Å². The average Bonchev–Trinajstić information content (AvgIpc) is 3.29. The molecule has 4 aromatic rings. The van der Waals surface area contributed by atoms with Gasteiger partial charge in [0.2, 0.25) is 0 Å². The number of nitrogens with zero attached hydrogens (tertiary/aromatic N) is 3. The Hall–Kier alpha value is -2.75. The van der Waals surface area contributed by atoms with Crippen LogP contribution in [0.2, 0.25) is 5.02 Å². The number of nitrogens with one attached hydrogen (secondary N) is 1. The van der Waals surface area contributed by atoms with Crippen LogP contribution in [0.4, 0.5) is 0 Å². The summed E-state index contributed by atoms with van der Waals surface area (Å²) in [6.45, 7) is 4.30. The maximum Gasteiger partial charge on any atom is 0.187 e. The minimum Gasteiger partial charge on any atom is -0.354 e. The summed E-state index contributed by atoms with van der Waals surface area (Å²) >= 11 is 6.45. The van der Waals surface area contributed by atoms with Crippen LogP contribution in [0.15, 0.2) is 70.3 Å². The SMILES string of the molecule is CNCc1ccc(-c2cc(-c3cncc(-c4ccc(S(O)(O)C(C)C)cc4)n3)on2)c(Cl)c1. The van der Waals surface area contributed by atoms with Crippen LogP contribution in [0.5, 0.6) is 0 Å². The summed E-state index contributed by atoms with van der Waals surface area (Å²) in [4.78, 5) is 9.45. The van der Waals surface area contributed by atoms with E-state index in [1.54, 1.807) is 56.6 Å². The highest BCUT2D eigenvalue weighted by Crippen LogP contribution is 2.52. The molecule has 7 nitrogen and oxygen atoms in total. The largest absolute Gasteiger partial charge is 0.354 e. The molecular formula is C24H25ClN4O3S. The van der Waals surface area contributed by atoms with Crippen LogP contribution in [-0.2, 0) is 6.54 Å². The van der Waals surface area contributed by atoms with Gasteiger partial charge in [0.15, 0.2) is 5.76 Å². The predicted octanol–water partition coefficient (Wildman–Crippen LogP) is 6.36. The van der Waals surface area contributed by atoms with Crippen LogP contribution in [0.3, 0.4) is 0 Å². The van der Waals surface area contributed by atoms with Gasteiger partial charge in [-0.25, -0.2) is 4.98 Å². The first-order valence-corrected chi connectivity index (χ1v) is 12.4. The van der Waals surface area contributed by atoms with Crippen molar-refractivity contribution in [3.63, 3.8) is 0 Å². The molecule has 2 aromatic carbocycles. The molecule has 172 valence electrons. The van der Waals surface area contributed by atoms with Crippen molar-refractivity contribution in [3.8, 4) is 34.0 Å². The zero-order chi connectivity index (χ0) is 23.6. The molecule has 0 saturated carbocycles. The molecule has 33 heavy (non-hydrogen) atoms. The number of halogens is 1. The molecule has 4 rings (SSSR count). The van der Waals surface area contributed by atoms with E-state index in [0.29, 0.717) is 32.8 Å². The first-order chi connectivity index (χ1) is 15.8. The fraction of sp³-hybridized carbons (Fsp3) is 0.208. The second-order valence-electron chi connectivity index (χ2n) is 7.88. The minimum atomic E-state index is -2.83. The van der Waals surface area contributed by atoms with E-state index in [1.807, 2.05) is 25.2 Å². The fourth-order valence-corrected chi connectivity index (χ4v) is 4.71. The number of hydrogen-bond donors (Lipinski definition) is 3. The lowest BCUT2D eigenvalue weighted by molar-refractivity contribution is 0.433. The Morgan fingerprint density at radius 2 is 1.73 bits per heavy atom. The van der Waals surface area contributed by atoms with Crippen molar-refractivity contribution in [1.82, 2.24) is 20.4 Å². The van der Waals surface area contributed by atoms with E-state index in [4.69, 9.17) is 16.1 Å². The third-order valence-corrected chi connectivity index (χ3v) is 7.84. The number of hydrogen-bond acceptors (Lipinski definition) is 7. The van der Waals surface area contributed by atoms with Gasteiger partial charge < -0.3 is 9.84 Å². The zero-order valence-corrected chi connectivity index (χ0v) is 20.1. The van der Waals surface area contributed by atoms with Crippen molar-refractivity contribution in [1.29, 1.82) is 0 Å². The Labute approximate surface area is 199 Å². The van der Waals surface area contributed by atoms with Crippen molar-refractivity contribution in [2.75, 3.05) is 7.05 Å². The van der Waals surface area contributed by atoms with Gasteiger partial charge in [0.05, 0.1) is 28.0 Å². The summed E-state index contributed by atoms with van der Waals surface area (Å²) < 4.78 is 26.2. The predicted molar refractivity (Wildman–Crippen MR) is 132 cm³/mol. The minimum absolute atomic E-state index is 0.264. The lowest BCUT2D eigenvalue weighted by atomic mass is 10.1. The van der Waals surface area contributed by atoms with E-state index >= 15 is 0 Å². The number of rotatable bonds is 7. The fourth-order valence-electron chi connectivity index (χ4n) is 3.33. The lowest BCUT2D eigenvalue weighted by Crippen LogP contribution is -2.10. The van der Waals surface area contributed by atoms with Crippen LogP contribution in [0, 0.1) is 0 Å². The van der Waals surface area contributed by atoms with E-state index < -0.39 is 10.6 Å². The number of aromatic nitrogens is 3. The topological polar surface area (TPSA) is 104 Å². The number of benzene rings is 2. The highest BCUT2D eigenvalue weighted by Gasteiger charge is 2.20. The molecule has 0 aliphatic carbocycles. The second kappa shape index (κ2) is 9.62. The van der Waals surface area contributed by atoms with E-state index in [1.165, 1.54) is 0 Å². The zero-order valence-electron chi connectivity index (χ0n) is 18.5. The molecule has 0 amide bonds. The summed E-state index contributed by atoms with van der Waals surface area (Å²) in [5, 5.41) is 7.59. The van der Waals surface area contributed by atoms with Gasteiger partial charge in [0.1, 0.15) is 11.4 Å². The molecule has 0 saturated heterocycles. The Balaban J connectivity index is 1.60. The molecule has 3 N–H and O–H groups in total. The highest BCUT2D eigenvalue weighted by atomic mass is 35.5. The lowest BCUT2D eigenvalue weighted by Gasteiger charge is -2.36. The molecule has 0 fully saturated rings. The van der Waals surface area contributed by atoms with Crippen LogP contribution in [0.25, 0.3) is 34.0 Å². The van der Waals surface area contributed by atoms with Crippen LogP contribution in [0.1, 0.15) is 19.4 Å². The van der Waals surface area contributed by atoms with Crippen molar-refractivity contribution < 1.29 is 13.6 Å². The average molecular weight is 485 g/mol. The standard InChI is InChI=1S/C24H25ClN4O3S/c1-15(2)33(30,31)18-7-5-17(6-8-18)22-13-27-14-23(28-22)24-11-21(29-32-24)19-9-4-16(12-26-3)10-20(19)25/h4-11,13-15,26,30-31H,12H2,1-3H3. The maximum absolute atomic E-state index is 10.4. The van der Waals surface area contributed by atoms with Gasteiger partial charge in [-0.05, 0) is 44.7 Å². The van der Waals surface area contributed by atoms with Crippen molar-refractivity contribution >= 4 is 22.2 Å². The van der Waals surface area contributed by atoms with Crippen LogP contribution >= 0.6 is 22.2 Å². The summed E-state index contributed by atoms with van der Waals surface area (Å²) in [5.41, 5.74) is 4.43. The monoisotopic (exact) mass is 484 g/mol. The van der Waals surface area contributed by atoms with Gasteiger partial charge in [0, 0.05) is 29.0 Å². The Bertz CT molecular complexity index is 1260. The third kappa shape index (κ3) is 4.95. The van der Waals surface area contributed by atoms with E-state index in [-0.39, 0.29) is 5.25 Å². The Morgan fingerprint density at radius 3 is 2.39 bits per heavy atom. The molecular weight excluding hydrogens is 460 g/mol. The van der Waals surface area contributed by atoms with Crippen LogP contribution in [-0.4, -0.2) is 36.5 Å². The Kier molecular flexibility index (Phi) is 6.83. The van der Waals surface area contributed by atoms with Gasteiger partial charge in [-0.2, -0.15) is 10.6 Å². The summed E-state index contributed by atoms with van der Waals surface area (Å²) in [6, 6.07) is 14.6. The first-order valence-electron chi connectivity index (χ1n) is 10.4. The molecule has 9 heteroatoms. The van der Waals surface area contributed by atoms with Gasteiger partial charge >= 0.3 is 0 Å². The third-order valence-electron chi connectivity index (χ3n) is 5.24. The summed E-state index contributed by atoms with van der Waals surface area (Å²) in [5.74, 6) is 0.473. The van der Waals surface area contributed by atoms with Crippen molar-refractivity contribution in [2.24, 2.45) is 0 Å². The molecule has 0 bridgehead atoms. The van der Waals surface area contributed by atoms with Crippen molar-refractivity contribution in [3.05, 3.63) is 71.5 Å². The van der Waals surface area contributed by atoms with Gasteiger partial charge in [-0.15, -0.1) is 0 Å². The Morgan fingerprint density at radius 1 is 1.00 bits per heavy atom. The van der Waals surface area contributed by atoms with E-state index in [9.17, 15) is 9.11 Å². The quantitative estimate of drug-likeness (QED) is 0.280. The first kappa shape index (κ1) is 23.4. The molecule has 2 aromatic heterocycles. The molecule has 0 atom stereocenters. The molecule has 0 aliphatic rings. The van der Waals surface area contributed by atoms with Crippen LogP contribution < -0.4 is 5.32 Å². The van der Waals surface area contributed by atoms with Gasteiger partial charge in [-0.1, -0.05) is 41.0 Å². The molecule has 0 spiro atoms. The summed E-state index contributed by atoms with van der Waals surface area (Å²) in [7, 11) is -0.951. The summed E-state index contributed by atoms with van der Waals surface area (Å²) in [6.07, 6.45) is 3.25. The highest BCUT2D eigenvalue weighted by molar-refractivity contribution is 8.24.